The van der Waals surface area contributed by atoms with E-state index in [1.165, 1.54) is 82.6 Å². The highest BCUT2D eigenvalue weighted by Crippen LogP contribution is 2.44. The molecule has 0 atom stereocenters. The first-order valence-corrected chi connectivity index (χ1v) is 12.1. The second kappa shape index (κ2) is 12.2. The predicted molar refractivity (Wildman–Crippen MR) is 119 cm³/mol. The molecule has 2 saturated carbocycles. The lowest BCUT2D eigenvalue weighted by Crippen LogP contribution is -2.25. The van der Waals surface area contributed by atoms with Gasteiger partial charge < -0.3 is 0 Å². The number of nitriles is 1. The van der Waals surface area contributed by atoms with Crippen LogP contribution in [0.25, 0.3) is 0 Å². The molecule has 2 aliphatic rings. The van der Waals surface area contributed by atoms with Crippen molar-refractivity contribution >= 4 is 0 Å². The maximum Gasteiger partial charge on any atom is 0.0991 e. The number of benzene rings is 1. The molecule has 0 spiro atoms. The minimum absolute atomic E-state index is 0.679. The summed E-state index contributed by atoms with van der Waals surface area (Å²) in [4.78, 5) is 0. The van der Waals surface area contributed by atoms with Crippen LogP contribution in [0.4, 0.5) is 4.39 Å². The van der Waals surface area contributed by atoms with Crippen molar-refractivity contribution in [1.29, 1.82) is 5.26 Å². The van der Waals surface area contributed by atoms with E-state index in [1.54, 1.807) is 6.08 Å². The summed E-state index contributed by atoms with van der Waals surface area (Å²) in [6, 6.07) is 10.5. The van der Waals surface area contributed by atoms with E-state index in [9.17, 15) is 4.39 Å². The zero-order valence-electron chi connectivity index (χ0n) is 18.0. The van der Waals surface area contributed by atoms with Crippen molar-refractivity contribution in [3.8, 4) is 6.07 Å². The lowest BCUT2D eigenvalue weighted by Gasteiger charge is -2.38. The van der Waals surface area contributed by atoms with Crippen LogP contribution in [0.5, 0.6) is 0 Å². The largest absolute Gasteiger partial charge is 0.216 e. The number of hydrogen-bond donors (Lipinski definition) is 0. The Bertz CT molecular complexity index is 640. The van der Waals surface area contributed by atoms with Gasteiger partial charge in [0.25, 0.3) is 0 Å². The van der Waals surface area contributed by atoms with Gasteiger partial charge >= 0.3 is 0 Å². The Hall–Kier alpha value is -1.62. The standard InChI is InChI=1S/C27H38FN/c28-20-6-4-2-1-3-5-7-22-8-12-24(13-9-22)26-16-18-27(19-17-26)25-14-10-23(21-29)11-15-25/h6,10-11,14-15,20,22,24,26-27H,1-5,7-9,12-13,16-19H2/b20-6+/t22-,24-,26-,27-. The Labute approximate surface area is 177 Å². The van der Waals surface area contributed by atoms with Crippen LogP contribution in [0.3, 0.4) is 0 Å². The van der Waals surface area contributed by atoms with Crippen LogP contribution in [-0.2, 0) is 0 Å². The molecule has 1 nitrogen and oxygen atoms in total. The zero-order chi connectivity index (χ0) is 20.3. The average molecular weight is 396 g/mol. The molecule has 2 fully saturated rings. The summed E-state index contributed by atoms with van der Waals surface area (Å²) >= 11 is 0. The summed E-state index contributed by atoms with van der Waals surface area (Å²) < 4.78 is 11.9. The summed E-state index contributed by atoms with van der Waals surface area (Å²) in [6.45, 7) is 0. The number of allylic oxidation sites excluding steroid dienone is 1. The topological polar surface area (TPSA) is 23.8 Å². The van der Waals surface area contributed by atoms with Crippen molar-refractivity contribution in [2.45, 2.75) is 95.8 Å². The number of halogens is 1. The van der Waals surface area contributed by atoms with Crippen molar-refractivity contribution in [1.82, 2.24) is 0 Å². The third-order valence-corrected chi connectivity index (χ3v) is 7.66. The van der Waals surface area contributed by atoms with E-state index >= 15 is 0 Å². The molecular weight excluding hydrogens is 357 g/mol. The fourth-order valence-corrected chi connectivity index (χ4v) is 5.81. The van der Waals surface area contributed by atoms with Crippen molar-refractivity contribution < 1.29 is 4.39 Å². The Balaban J connectivity index is 1.30. The molecule has 29 heavy (non-hydrogen) atoms. The van der Waals surface area contributed by atoms with Crippen LogP contribution < -0.4 is 0 Å². The lowest BCUT2D eigenvalue weighted by atomic mass is 9.68. The van der Waals surface area contributed by atoms with Crippen LogP contribution in [0.1, 0.15) is 107 Å². The van der Waals surface area contributed by atoms with Gasteiger partial charge in [-0.05, 0) is 92.7 Å². The first kappa shape index (κ1) is 22.1. The fourth-order valence-electron chi connectivity index (χ4n) is 5.81. The van der Waals surface area contributed by atoms with Crippen molar-refractivity contribution in [2.75, 3.05) is 0 Å². The molecule has 158 valence electrons. The molecule has 0 heterocycles. The van der Waals surface area contributed by atoms with Gasteiger partial charge in [0.05, 0.1) is 18.0 Å². The maximum atomic E-state index is 11.9. The summed E-state index contributed by atoms with van der Waals surface area (Å²) in [5.41, 5.74) is 2.21. The number of rotatable bonds is 9. The SMILES string of the molecule is N#Cc1ccc([C@H]2CC[C@H]([C@H]3CC[C@H](CCCCCC/C=C/F)CC3)CC2)cc1. The minimum atomic E-state index is 0.679. The third kappa shape index (κ3) is 6.98. The minimum Gasteiger partial charge on any atom is -0.216 e. The molecule has 0 aliphatic heterocycles. The molecule has 0 N–H and O–H groups in total. The first-order chi connectivity index (χ1) is 14.3. The Kier molecular flexibility index (Phi) is 9.26. The smallest absolute Gasteiger partial charge is 0.0991 e. The number of nitrogens with zero attached hydrogens (tertiary/aromatic N) is 1. The highest BCUT2D eigenvalue weighted by Gasteiger charge is 2.31. The highest BCUT2D eigenvalue weighted by molar-refractivity contribution is 5.33. The van der Waals surface area contributed by atoms with E-state index in [1.807, 2.05) is 12.1 Å². The van der Waals surface area contributed by atoms with Gasteiger partial charge in [0, 0.05) is 0 Å². The fraction of sp³-hybridized carbons (Fsp3) is 0.667. The Morgan fingerprint density at radius 1 is 0.828 bits per heavy atom. The molecule has 1 aromatic carbocycles. The van der Waals surface area contributed by atoms with Crippen molar-refractivity contribution in [2.24, 2.45) is 17.8 Å². The van der Waals surface area contributed by atoms with E-state index in [0.29, 0.717) is 12.2 Å². The quantitative estimate of drug-likeness (QED) is 0.385. The Morgan fingerprint density at radius 3 is 2.07 bits per heavy atom. The zero-order valence-corrected chi connectivity index (χ0v) is 18.0. The van der Waals surface area contributed by atoms with Crippen molar-refractivity contribution in [3.63, 3.8) is 0 Å². The van der Waals surface area contributed by atoms with E-state index in [0.717, 1.165) is 36.2 Å². The van der Waals surface area contributed by atoms with Crippen molar-refractivity contribution in [3.05, 3.63) is 47.8 Å². The monoisotopic (exact) mass is 395 g/mol. The first-order valence-electron chi connectivity index (χ1n) is 12.1. The van der Waals surface area contributed by atoms with Crippen LogP contribution in [0, 0.1) is 29.1 Å². The summed E-state index contributed by atoms with van der Waals surface area (Å²) in [7, 11) is 0. The van der Waals surface area contributed by atoms with Crippen LogP contribution in [0.15, 0.2) is 36.7 Å². The molecule has 0 saturated heterocycles. The third-order valence-electron chi connectivity index (χ3n) is 7.66. The highest BCUT2D eigenvalue weighted by atomic mass is 19.1. The van der Waals surface area contributed by atoms with Gasteiger partial charge in [0.15, 0.2) is 0 Å². The van der Waals surface area contributed by atoms with Crippen LogP contribution in [0.2, 0.25) is 0 Å². The molecule has 3 rings (SSSR count). The molecule has 0 unspecified atom stereocenters. The molecule has 0 amide bonds. The van der Waals surface area contributed by atoms with Gasteiger partial charge in [0.2, 0.25) is 0 Å². The van der Waals surface area contributed by atoms with Crippen LogP contribution >= 0.6 is 0 Å². The number of hydrogen-bond acceptors (Lipinski definition) is 1. The van der Waals surface area contributed by atoms with Gasteiger partial charge in [-0.3, -0.25) is 0 Å². The summed E-state index contributed by atoms with van der Waals surface area (Å²) in [5, 5.41) is 8.97. The second-order valence-electron chi connectivity index (χ2n) is 9.48. The molecule has 0 aromatic heterocycles. The molecule has 0 radical (unpaired) electrons. The normalized spacial score (nSPS) is 27.7. The predicted octanol–water partition coefficient (Wildman–Crippen LogP) is 8.46. The van der Waals surface area contributed by atoms with Gasteiger partial charge in [0.1, 0.15) is 0 Å². The van der Waals surface area contributed by atoms with E-state index in [2.05, 4.69) is 18.2 Å². The molecule has 2 heteroatoms. The van der Waals surface area contributed by atoms with E-state index < -0.39 is 0 Å². The average Bonchev–Trinajstić information content (AvgIpc) is 2.79. The Morgan fingerprint density at radius 2 is 1.45 bits per heavy atom. The molecular formula is C27H38FN. The maximum absolute atomic E-state index is 11.9. The van der Waals surface area contributed by atoms with Gasteiger partial charge in [-0.2, -0.15) is 5.26 Å². The lowest BCUT2D eigenvalue weighted by molar-refractivity contribution is 0.155. The summed E-state index contributed by atoms with van der Waals surface area (Å²) in [6.07, 6.45) is 21.0. The molecule has 0 bridgehead atoms. The molecule has 2 aliphatic carbocycles. The molecule has 1 aromatic rings. The van der Waals surface area contributed by atoms with Gasteiger partial charge in [-0.1, -0.05) is 56.7 Å². The van der Waals surface area contributed by atoms with Gasteiger partial charge in [-0.15, -0.1) is 0 Å². The number of unbranched alkanes of at least 4 members (excludes halogenated alkanes) is 4. The van der Waals surface area contributed by atoms with Crippen LogP contribution in [-0.4, -0.2) is 0 Å². The second-order valence-corrected chi connectivity index (χ2v) is 9.48. The van der Waals surface area contributed by atoms with E-state index in [-0.39, 0.29) is 0 Å². The van der Waals surface area contributed by atoms with Gasteiger partial charge in [-0.25, -0.2) is 4.39 Å². The summed E-state index contributed by atoms with van der Waals surface area (Å²) in [5.74, 6) is 3.59. The van der Waals surface area contributed by atoms with E-state index in [4.69, 9.17) is 5.26 Å².